The smallest absolute Gasteiger partial charge is 0.124 e. The van der Waals surface area contributed by atoms with Crippen LogP contribution in [-0.2, 0) is 19.9 Å². The summed E-state index contributed by atoms with van der Waals surface area (Å²) in [6, 6.07) is 7.23. The molecule has 1 atom stereocenters. The second-order valence-electron chi connectivity index (χ2n) is 5.12. The number of aromatic nitrogens is 2. The molecule has 0 fully saturated rings. The fraction of sp³-hybridized carbons (Fsp3) is 0.438. The monoisotopic (exact) mass is 353 g/mol. The molecule has 114 valence electrons. The second kappa shape index (κ2) is 7.18. The van der Waals surface area contributed by atoms with Crippen molar-refractivity contribution in [1.29, 1.82) is 0 Å². The molecule has 5 heteroatoms. The van der Waals surface area contributed by atoms with Gasteiger partial charge in [0.2, 0.25) is 0 Å². The van der Waals surface area contributed by atoms with Crippen LogP contribution in [0.1, 0.15) is 36.8 Å². The maximum Gasteiger partial charge on any atom is 0.124 e. The normalized spacial score (nSPS) is 12.6. The first-order chi connectivity index (χ1) is 10.0. The third-order valence-corrected chi connectivity index (χ3v) is 4.00. The zero-order valence-electron chi connectivity index (χ0n) is 12.7. The summed E-state index contributed by atoms with van der Waals surface area (Å²) in [7, 11) is 1.96. The van der Waals surface area contributed by atoms with Crippen molar-refractivity contribution in [2.45, 2.75) is 32.7 Å². The van der Waals surface area contributed by atoms with E-state index in [4.69, 9.17) is 0 Å². The molecule has 0 spiro atoms. The van der Waals surface area contributed by atoms with Crippen molar-refractivity contribution >= 4 is 15.9 Å². The lowest BCUT2D eigenvalue weighted by Gasteiger charge is -2.19. The standard InChI is InChI=1S/C16H21BrFN3/c1-4-14-9-15(21(3)20-14)10-16(19-5-2)11-6-12(17)8-13(18)7-11/h6-9,16,19H,4-5,10H2,1-3H3. The molecule has 21 heavy (non-hydrogen) atoms. The van der Waals surface area contributed by atoms with E-state index in [1.807, 2.05) is 17.8 Å². The molecule has 1 N–H and O–H groups in total. The minimum Gasteiger partial charge on any atom is -0.310 e. The molecular weight excluding hydrogens is 333 g/mol. The first-order valence-electron chi connectivity index (χ1n) is 7.24. The fourth-order valence-corrected chi connectivity index (χ4v) is 2.96. The van der Waals surface area contributed by atoms with Crippen molar-refractivity contribution < 1.29 is 4.39 Å². The van der Waals surface area contributed by atoms with Crippen LogP contribution in [0.2, 0.25) is 0 Å². The molecule has 0 aliphatic carbocycles. The zero-order valence-corrected chi connectivity index (χ0v) is 14.2. The van der Waals surface area contributed by atoms with Gasteiger partial charge in [0.15, 0.2) is 0 Å². The van der Waals surface area contributed by atoms with Gasteiger partial charge in [-0.25, -0.2) is 4.39 Å². The molecule has 1 aromatic carbocycles. The molecule has 0 bridgehead atoms. The Hall–Kier alpha value is -1.20. The summed E-state index contributed by atoms with van der Waals surface area (Å²) in [5.41, 5.74) is 3.18. The van der Waals surface area contributed by atoms with Gasteiger partial charge in [0.1, 0.15) is 5.82 Å². The van der Waals surface area contributed by atoms with Gasteiger partial charge in [0.05, 0.1) is 5.69 Å². The summed E-state index contributed by atoms with van der Waals surface area (Å²) < 4.78 is 16.3. The lowest BCUT2D eigenvalue weighted by atomic mass is 10.0. The summed E-state index contributed by atoms with van der Waals surface area (Å²) in [4.78, 5) is 0. The SMILES string of the molecule is CCNC(Cc1cc(CC)nn1C)c1cc(F)cc(Br)c1. The first kappa shape index (κ1) is 16.2. The van der Waals surface area contributed by atoms with E-state index in [1.165, 1.54) is 6.07 Å². The lowest BCUT2D eigenvalue weighted by Crippen LogP contribution is -2.24. The highest BCUT2D eigenvalue weighted by molar-refractivity contribution is 9.10. The number of aryl methyl sites for hydroxylation is 2. The molecule has 1 aromatic heterocycles. The average molecular weight is 354 g/mol. The molecule has 0 saturated heterocycles. The molecule has 0 saturated carbocycles. The van der Waals surface area contributed by atoms with Crippen LogP contribution < -0.4 is 5.32 Å². The number of benzene rings is 1. The van der Waals surface area contributed by atoms with Crippen LogP contribution in [0, 0.1) is 5.82 Å². The number of hydrogen-bond donors (Lipinski definition) is 1. The summed E-state index contributed by atoms with van der Waals surface area (Å²) in [5, 5.41) is 7.90. The summed E-state index contributed by atoms with van der Waals surface area (Å²) in [6.45, 7) is 4.98. The van der Waals surface area contributed by atoms with Gasteiger partial charge in [-0.2, -0.15) is 5.10 Å². The van der Waals surface area contributed by atoms with Crippen molar-refractivity contribution in [3.63, 3.8) is 0 Å². The average Bonchev–Trinajstić information content (AvgIpc) is 2.78. The van der Waals surface area contributed by atoms with Crippen LogP contribution >= 0.6 is 15.9 Å². The molecular formula is C16H21BrFN3. The summed E-state index contributed by atoms with van der Waals surface area (Å²) in [6.07, 6.45) is 1.71. The summed E-state index contributed by atoms with van der Waals surface area (Å²) >= 11 is 3.36. The Morgan fingerprint density at radius 3 is 2.62 bits per heavy atom. The molecule has 2 rings (SSSR count). The van der Waals surface area contributed by atoms with E-state index in [0.717, 1.165) is 40.8 Å². The fourth-order valence-electron chi connectivity index (χ4n) is 2.48. The Bertz CT molecular complexity index is 589. The third-order valence-electron chi connectivity index (χ3n) is 3.54. The van der Waals surface area contributed by atoms with Gasteiger partial charge >= 0.3 is 0 Å². The minimum absolute atomic E-state index is 0.0714. The van der Waals surface area contributed by atoms with Gasteiger partial charge in [0.25, 0.3) is 0 Å². The van der Waals surface area contributed by atoms with Crippen LogP contribution in [0.3, 0.4) is 0 Å². The second-order valence-corrected chi connectivity index (χ2v) is 6.04. The summed E-state index contributed by atoms with van der Waals surface area (Å²) in [5.74, 6) is -0.221. The Morgan fingerprint density at radius 1 is 1.29 bits per heavy atom. The Balaban J connectivity index is 2.27. The first-order valence-corrected chi connectivity index (χ1v) is 8.04. The number of nitrogens with zero attached hydrogens (tertiary/aromatic N) is 2. The van der Waals surface area contributed by atoms with Crippen LogP contribution in [0.15, 0.2) is 28.7 Å². The maximum absolute atomic E-state index is 13.6. The number of likely N-dealkylation sites (N-methyl/N-ethyl adjacent to an activating group) is 1. The van der Waals surface area contributed by atoms with Gasteiger partial charge < -0.3 is 5.32 Å². The van der Waals surface area contributed by atoms with Gasteiger partial charge in [0, 0.05) is 29.7 Å². The predicted octanol–water partition coefficient (Wildman–Crippen LogP) is 3.78. The minimum atomic E-state index is -0.221. The zero-order chi connectivity index (χ0) is 15.4. The van der Waals surface area contributed by atoms with E-state index in [9.17, 15) is 4.39 Å². The topological polar surface area (TPSA) is 29.9 Å². The van der Waals surface area contributed by atoms with E-state index < -0.39 is 0 Å². The van der Waals surface area contributed by atoms with Crippen LogP contribution in [-0.4, -0.2) is 16.3 Å². The maximum atomic E-state index is 13.6. The van der Waals surface area contributed by atoms with Gasteiger partial charge in [-0.3, -0.25) is 4.68 Å². The highest BCUT2D eigenvalue weighted by atomic mass is 79.9. The van der Waals surface area contributed by atoms with Gasteiger partial charge in [-0.1, -0.05) is 29.8 Å². The molecule has 0 aliphatic heterocycles. The molecule has 1 unspecified atom stereocenters. The highest BCUT2D eigenvalue weighted by Gasteiger charge is 2.15. The quantitative estimate of drug-likeness (QED) is 0.856. The lowest BCUT2D eigenvalue weighted by molar-refractivity contribution is 0.523. The van der Waals surface area contributed by atoms with E-state index in [-0.39, 0.29) is 11.9 Å². The molecule has 1 heterocycles. The predicted molar refractivity (Wildman–Crippen MR) is 86.8 cm³/mol. The van der Waals surface area contributed by atoms with Crippen molar-refractivity contribution in [1.82, 2.24) is 15.1 Å². The van der Waals surface area contributed by atoms with Crippen LogP contribution in [0.5, 0.6) is 0 Å². The highest BCUT2D eigenvalue weighted by Crippen LogP contribution is 2.23. The van der Waals surface area contributed by atoms with Gasteiger partial charge in [-0.15, -0.1) is 0 Å². The number of halogens is 2. The molecule has 0 aliphatic rings. The largest absolute Gasteiger partial charge is 0.310 e. The Kier molecular flexibility index (Phi) is 5.53. The number of hydrogen-bond acceptors (Lipinski definition) is 2. The molecule has 2 aromatic rings. The van der Waals surface area contributed by atoms with Gasteiger partial charge in [-0.05, 0) is 42.8 Å². The van der Waals surface area contributed by atoms with Crippen LogP contribution in [0.25, 0.3) is 0 Å². The third kappa shape index (κ3) is 4.14. The molecule has 3 nitrogen and oxygen atoms in total. The molecule has 0 radical (unpaired) electrons. The van der Waals surface area contributed by atoms with Crippen molar-refractivity contribution in [2.75, 3.05) is 6.54 Å². The number of nitrogens with one attached hydrogen (secondary N) is 1. The molecule has 0 amide bonds. The van der Waals surface area contributed by atoms with E-state index in [2.05, 4.69) is 46.3 Å². The Morgan fingerprint density at radius 2 is 2.05 bits per heavy atom. The van der Waals surface area contributed by atoms with Crippen molar-refractivity contribution in [3.05, 3.63) is 51.5 Å². The van der Waals surface area contributed by atoms with E-state index in [1.54, 1.807) is 6.07 Å². The Labute approximate surface area is 133 Å². The van der Waals surface area contributed by atoms with Crippen molar-refractivity contribution in [3.8, 4) is 0 Å². The van der Waals surface area contributed by atoms with E-state index in [0.29, 0.717) is 0 Å². The number of rotatable bonds is 6. The van der Waals surface area contributed by atoms with Crippen LogP contribution in [0.4, 0.5) is 4.39 Å². The van der Waals surface area contributed by atoms with Crippen molar-refractivity contribution in [2.24, 2.45) is 7.05 Å². The van der Waals surface area contributed by atoms with E-state index >= 15 is 0 Å².